The normalized spacial score (nSPS) is 9.67. The number of primary amides is 1. The molecule has 12 heavy (non-hydrogen) atoms. The molecule has 0 aliphatic rings. The first-order chi connectivity index (χ1) is 5.61. The van der Waals surface area contributed by atoms with E-state index in [0.717, 1.165) is 4.68 Å². The van der Waals surface area contributed by atoms with Gasteiger partial charge in [-0.25, -0.2) is 4.68 Å². The van der Waals surface area contributed by atoms with E-state index in [1.165, 1.54) is 12.3 Å². The third kappa shape index (κ3) is 1.60. The molecule has 0 bridgehead atoms. The maximum atomic E-state index is 10.6. The van der Waals surface area contributed by atoms with Crippen LogP contribution in [0.2, 0.25) is 0 Å². The number of nitrogens with two attached hydrogens (primary N) is 1. The number of hydrogen-bond acceptors (Lipinski definition) is 3. The Kier molecular flexibility index (Phi) is 2.09. The largest absolute Gasteiger partial charge is 0.480 e. The third-order valence-corrected chi connectivity index (χ3v) is 1.25. The van der Waals surface area contributed by atoms with Crippen molar-refractivity contribution in [1.29, 1.82) is 0 Å². The van der Waals surface area contributed by atoms with Gasteiger partial charge in [0.2, 0.25) is 0 Å². The van der Waals surface area contributed by atoms with Crippen LogP contribution in [0, 0.1) is 0 Å². The molecule has 0 aliphatic heterocycles. The minimum absolute atomic E-state index is 0.0948. The summed E-state index contributed by atoms with van der Waals surface area (Å²) >= 11 is 0. The molecule has 1 rings (SSSR count). The van der Waals surface area contributed by atoms with E-state index in [9.17, 15) is 9.59 Å². The lowest BCUT2D eigenvalue weighted by molar-refractivity contribution is -0.137. The van der Waals surface area contributed by atoms with Crippen molar-refractivity contribution in [1.82, 2.24) is 9.78 Å². The number of carboxylic acids is 1. The van der Waals surface area contributed by atoms with E-state index < -0.39 is 11.9 Å². The monoisotopic (exact) mass is 169 g/mol. The zero-order chi connectivity index (χ0) is 9.14. The lowest BCUT2D eigenvalue weighted by atomic mass is 10.4. The second-order valence-electron chi connectivity index (χ2n) is 2.13. The van der Waals surface area contributed by atoms with Gasteiger partial charge in [0.25, 0.3) is 5.91 Å². The van der Waals surface area contributed by atoms with Crippen LogP contribution in [0.15, 0.2) is 12.3 Å². The van der Waals surface area contributed by atoms with E-state index in [1.54, 1.807) is 0 Å². The fraction of sp³-hybridized carbons (Fsp3) is 0.167. The molecule has 64 valence electrons. The molecule has 0 radical (unpaired) electrons. The number of carbonyl (C=O) groups is 2. The molecule has 0 spiro atoms. The van der Waals surface area contributed by atoms with Gasteiger partial charge in [-0.1, -0.05) is 0 Å². The van der Waals surface area contributed by atoms with Crippen molar-refractivity contribution in [3.63, 3.8) is 0 Å². The number of rotatable bonds is 3. The van der Waals surface area contributed by atoms with Crippen molar-refractivity contribution >= 4 is 11.9 Å². The smallest absolute Gasteiger partial charge is 0.325 e. The molecule has 6 nitrogen and oxygen atoms in total. The molecule has 0 saturated carbocycles. The predicted octanol–water partition coefficient (Wildman–Crippen LogP) is -0.933. The Bertz CT molecular complexity index is 318. The van der Waals surface area contributed by atoms with Crippen LogP contribution in [-0.4, -0.2) is 26.8 Å². The molecule has 0 atom stereocenters. The van der Waals surface area contributed by atoms with E-state index in [0.29, 0.717) is 0 Å². The van der Waals surface area contributed by atoms with Crippen LogP contribution in [0.1, 0.15) is 10.5 Å². The number of aromatic nitrogens is 2. The number of aliphatic carboxylic acids is 1. The molecule has 1 aromatic rings. The number of carbonyl (C=O) groups excluding carboxylic acids is 1. The van der Waals surface area contributed by atoms with Crippen LogP contribution in [-0.2, 0) is 11.3 Å². The molecule has 0 fully saturated rings. The van der Waals surface area contributed by atoms with Crippen LogP contribution < -0.4 is 5.73 Å². The van der Waals surface area contributed by atoms with Crippen LogP contribution in [0.3, 0.4) is 0 Å². The Morgan fingerprint density at radius 2 is 2.33 bits per heavy atom. The lowest BCUT2D eigenvalue weighted by Crippen LogP contribution is -2.20. The fourth-order valence-corrected chi connectivity index (χ4v) is 0.796. The van der Waals surface area contributed by atoms with Crippen LogP contribution in [0.5, 0.6) is 0 Å². The summed E-state index contributed by atoms with van der Waals surface area (Å²) in [6.45, 7) is -0.356. The van der Waals surface area contributed by atoms with E-state index >= 15 is 0 Å². The Morgan fingerprint density at radius 1 is 1.67 bits per heavy atom. The molecule has 6 heteroatoms. The van der Waals surface area contributed by atoms with Gasteiger partial charge in [0.1, 0.15) is 12.2 Å². The van der Waals surface area contributed by atoms with Crippen LogP contribution in [0.25, 0.3) is 0 Å². The highest BCUT2D eigenvalue weighted by Crippen LogP contribution is 1.96. The van der Waals surface area contributed by atoms with Crippen molar-refractivity contribution in [3.8, 4) is 0 Å². The van der Waals surface area contributed by atoms with Crippen LogP contribution >= 0.6 is 0 Å². The first-order valence-corrected chi connectivity index (χ1v) is 3.14. The maximum absolute atomic E-state index is 10.6. The Labute approximate surface area is 67.6 Å². The van der Waals surface area contributed by atoms with Crippen molar-refractivity contribution in [2.75, 3.05) is 0 Å². The van der Waals surface area contributed by atoms with Gasteiger partial charge in [-0.15, -0.1) is 0 Å². The Morgan fingerprint density at radius 3 is 2.83 bits per heavy atom. The predicted molar refractivity (Wildman–Crippen MR) is 38.4 cm³/mol. The highest BCUT2D eigenvalue weighted by atomic mass is 16.4. The summed E-state index contributed by atoms with van der Waals surface area (Å²) in [5.74, 6) is -1.75. The topological polar surface area (TPSA) is 98.2 Å². The lowest BCUT2D eigenvalue weighted by Gasteiger charge is -1.99. The maximum Gasteiger partial charge on any atom is 0.325 e. The van der Waals surface area contributed by atoms with Gasteiger partial charge in [-0.3, -0.25) is 9.59 Å². The van der Waals surface area contributed by atoms with Crippen molar-refractivity contribution in [3.05, 3.63) is 18.0 Å². The van der Waals surface area contributed by atoms with Gasteiger partial charge in [-0.2, -0.15) is 5.10 Å². The summed E-state index contributed by atoms with van der Waals surface area (Å²) in [6.07, 6.45) is 1.32. The highest BCUT2D eigenvalue weighted by molar-refractivity contribution is 5.91. The minimum Gasteiger partial charge on any atom is -0.480 e. The highest BCUT2D eigenvalue weighted by Gasteiger charge is 2.09. The average molecular weight is 169 g/mol. The van der Waals surface area contributed by atoms with Gasteiger partial charge in [0.05, 0.1) is 0 Å². The van der Waals surface area contributed by atoms with Gasteiger partial charge < -0.3 is 10.8 Å². The molecular weight excluding hydrogens is 162 g/mol. The van der Waals surface area contributed by atoms with Gasteiger partial charge in [-0.05, 0) is 6.07 Å². The minimum atomic E-state index is -1.07. The summed E-state index contributed by atoms with van der Waals surface area (Å²) in [5, 5.41) is 12.0. The van der Waals surface area contributed by atoms with E-state index in [4.69, 9.17) is 10.8 Å². The van der Waals surface area contributed by atoms with Crippen molar-refractivity contribution in [2.24, 2.45) is 5.73 Å². The van der Waals surface area contributed by atoms with Crippen molar-refractivity contribution in [2.45, 2.75) is 6.54 Å². The van der Waals surface area contributed by atoms with Gasteiger partial charge in [0.15, 0.2) is 0 Å². The number of amides is 1. The third-order valence-electron chi connectivity index (χ3n) is 1.25. The molecule has 0 unspecified atom stereocenters. The average Bonchev–Trinajstić information content (AvgIpc) is 2.33. The summed E-state index contributed by atoms with van der Waals surface area (Å²) in [7, 11) is 0. The van der Waals surface area contributed by atoms with E-state index in [1.807, 2.05) is 0 Å². The first kappa shape index (κ1) is 8.25. The second-order valence-corrected chi connectivity index (χ2v) is 2.13. The summed E-state index contributed by atoms with van der Waals surface area (Å²) in [4.78, 5) is 20.9. The van der Waals surface area contributed by atoms with Crippen molar-refractivity contribution < 1.29 is 14.7 Å². The molecule has 0 aliphatic carbocycles. The zero-order valence-corrected chi connectivity index (χ0v) is 6.10. The SMILES string of the molecule is NC(=O)c1ccnn1CC(=O)O. The molecule has 1 heterocycles. The van der Waals surface area contributed by atoms with Gasteiger partial charge in [0, 0.05) is 6.20 Å². The molecule has 3 N–H and O–H groups in total. The van der Waals surface area contributed by atoms with E-state index in [-0.39, 0.29) is 12.2 Å². The Hall–Kier alpha value is -1.85. The van der Waals surface area contributed by atoms with E-state index in [2.05, 4.69) is 5.10 Å². The molecule has 0 aromatic carbocycles. The zero-order valence-electron chi connectivity index (χ0n) is 6.10. The summed E-state index contributed by atoms with van der Waals surface area (Å²) < 4.78 is 1.03. The number of carboxylic acid groups (broad SMARTS) is 1. The Balaban J connectivity index is 2.91. The first-order valence-electron chi connectivity index (χ1n) is 3.14. The quantitative estimate of drug-likeness (QED) is 0.610. The molecule has 1 aromatic heterocycles. The second kappa shape index (κ2) is 3.04. The standard InChI is InChI=1S/C6H7N3O3/c7-6(12)4-1-2-8-9(4)3-5(10)11/h1-2H,3H2,(H2,7,12)(H,10,11). The summed E-state index contributed by atoms with van der Waals surface area (Å²) in [6, 6.07) is 1.37. The molecule has 1 amide bonds. The summed E-state index contributed by atoms with van der Waals surface area (Å²) in [5.41, 5.74) is 5.04. The number of nitrogens with zero attached hydrogens (tertiary/aromatic N) is 2. The van der Waals surface area contributed by atoms with Gasteiger partial charge >= 0.3 is 5.97 Å². The fourth-order valence-electron chi connectivity index (χ4n) is 0.796. The molecule has 0 saturated heterocycles. The molecular formula is C6H7N3O3. The number of hydrogen-bond donors (Lipinski definition) is 2. The van der Waals surface area contributed by atoms with Crippen LogP contribution in [0.4, 0.5) is 0 Å².